The van der Waals surface area contributed by atoms with Gasteiger partial charge in [-0.05, 0) is 37.6 Å². The molecule has 1 aliphatic rings. The number of hydrogen-bond acceptors (Lipinski definition) is 5. The molecule has 1 aliphatic heterocycles. The molecule has 1 heterocycles. The molecule has 0 saturated heterocycles. The van der Waals surface area contributed by atoms with Gasteiger partial charge in [-0.25, -0.2) is 4.79 Å². The van der Waals surface area contributed by atoms with Crippen molar-refractivity contribution in [2.75, 3.05) is 27.9 Å². The first-order valence-corrected chi connectivity index (χ1v) is 7.54. The maximum Gasteiger partial charge on any atom is 0.340 e. The largest absolute Gasteiger partial charge is 0.493 e. The average Bonchev–Trinajstić information content (AvgIpc) is 2.80. The van der Waals surface area contributed by atoms with E-state index in [0.29, 0.717) is 29.4 Å². The van der Waals surface area contributed by atoms with Crippen molar-refractivity contribution in [2.45, 2.75) is 13.8 Å². The minimum Gasteiger partial charge on any atom is -0.493 e. The van der Waals surface area contributed by atoms with Crippen molar-refractivity contribution < 1.29 is 23.8 Å². The van der Waals surface area contributed by atoms with Crippen LogP contribution in [0.1, 0.15) is 19.4 Å². The first-order chi connectivity index (χ1) is 11.4. The molecule has 1 amide bonds. The highest BCUT2D eigenvalue weighted by Gasteiger charge is 2.34. The van der Waals surface area contributed by atoms with E-state index in [0.717, 1.165) is 5.56 Å². The molecule has 1 aromatic carbocycles. The Balaban J connectivity index is 2.49. The number of amides is 1. The lowest BCUT2D eigenvalue weighted by Crippen LogP contribution is -2.19. The molecular weight excluding hydrogens is 310 g/mol. The molecule has 0 aromatic heterocycles. The second-order valence-corrected chi connectivity index (χ2v) is 5.22. The third-order valence-corrected chi connectivity index (χ3v) is 3.86. The number of likely N-dealkylation sites (N-methyl/N-ethyl adjacent to an activating group) is 1. The zero-order valence-corrected chi connectivity index (χ0v) is 14.5. The Morgan fingerprint density at radius 1 is 1.25 bits per heavy atom. The summed E-state index contributed by atoms with van der Waals surface area (Å²) in [6.45, 7) is 4.12. The summed E-state index contributed by atoms with van der Waals surface area (Å²) in [4.78, 5) is 25.9. The van der Waals surface area contributed by atoms with Crippen molar-refractivity contribution in [3.8, 4) is 11.5 Å². The average molecular weight is 331 g/mol. The van der Waals surface area contributed by atoms with Gasteiger partial charge >= 0.3 is 5.97 Å². The Labute approximate surface area is 141 Å². The van der Waals surface area contributed by atoms with E-state index in [1.165, 1.54) is 12.0 Å². The lowest BCUT2D eigenvalue weighted by molar-refractivity contribution is -0.136. The predicted molar refractivity (Wildman–Crippen MR) is 89.6 cm³/mol. The van der Waals surface area contributed by atoms with Crippen LogP contribution in [0.4, 0.5) is 0 Å². The van der Waals surface area contributed by atoms with Crippen molar-refractivity contribution >= 4 is 18.0 Å². The number of nitrogens with zero attached hydrogens (tertiary/aromatic N) is 1. The number of esters is 1. The van der Waals surface area contributed by atoms with Gasteiger partial charge in [0.1, 0.15) is 0 Å². The number of rotatable bonds is 5. The maximum atomic E-state index is 12.4. The Bertz CT molecular complexity index is 733. The normalized spacial score (nSPS) is 16.0. The Morgan fingerprint density at radius 2 is 1.96 bits per heavy atom. The summed E-state index contributed by atoms with van der Waals surface area (Å²) in [6, 6.07) is 5.33. The quantitative estimate of drug-likeness (QED) is 0.612. The lowest BCUT2D eigenvalue weighted by atomic mass is 10.0. The van der Waals surface area contributed by atoms with Gasteiger partial charge in [0.25, 0.3) is 5.91 Å². The monoisotopic (exact) mass is 331 g/mol. The van der Waals surface area contributed by atoms with Crippen molar-refractivity contribution in [1.82, 2.24) is 4.90 Å². The highest BCUT2D eigenvalue weighted by atomic mass is 16.5. The fourth-order valence-electron chi connectivity index (χ4n) is 2.51. The summed E-state index contributed by atoms with van der Waals surface area (Å²) >= 11 is 0. The van der Waals surface area contributed by atoms with E-state index in [4.69, 9.17) is 14.2 Å². The maximum absolute atomic E-state index is 12.4. The summed E-state index contributed by atoms with van der Waals surface area (Å²) in [7, 11) is 4.47. The molecule has 6 nitrogen and oxygen atoms in total. The number of allylic oxidation sites excluding steroid dienone is 1. The summed E-state index contributed by atoms with van der Waals surface area (Å²) in [5.41, 5.74) is 1.87. The SMILES string of the molecule is CCOc1ccc(/C=C2\C(=O)N(C)C(C)=C2C(=O)OC)cc1OC. The molecule has 0 atom stereocenters. The molecule has 1 aromatic rings. The van der Waals surface area contributed by atoms with Crippen LogP contribution in [-0.4, -0.2) is 44.7 Å². The summed E-state index contributed by atoms with van der Waals surface area (Å²) in [5, 5.41) is 0. The van der Waals surface area contributed by atoms with Crippen molar-refractivity contribution in [3.63, 3.8) is 0 Å². The van der Waals surface area contributed by atoms with Crippen LogP contribution in [0.3, 0.4) is 0 Å². The minimum absolute atomic E-state index is 0.249. The number of carbonyl (C=O) groups excluding carboxylic acids is 2. The van der Waals surface area contributed by atoms with Crippen LogP contribution in [0.5, 0.6) is 11.5 Å². The second kappa shape index (κ2) is 7.21. The van der Waals surface area contributed by atoms with Crippen LogP contribution in [0.25, 0.3) is 6.08 Å². The molecule has 0 N–H and O–H groups in total. The van der Waals surface area contributed by atoms with E-state index >= 15 is 0 Å². The smallest absolute Gasteiger partial charge is 0.340 e. The number of benzene rings is 1. The van der Waals surface area contributed by atoms with Gasteiger partial charge in [-0.1, -0.05) is 6.07 Å². The molecule has 128 valence electrons. The van der Waals surface area contributed by atoms with Crippen molar-refractivity contribution in [1.29, 1.82) is 0 Å². The lowest BCUT2D eigenvalue weighted by Gasteiger charge is -2.10. The molecule has 24 heavy (non-hydrogen) atoms. The van der Waals surface area contributed by atoms with Gasteiger partial charge < -0.3 is 19.1 Å². The standard InChI is InChI=1S/C18H21NO5/c1-6-24-14-8-7-12(10-15(14)22-4)9-13-16(18(21)23-5)11(2)19(3)17(13)20/h7-10H,6H2,1-5H3/b13-9-. The van der Waals surface area contributed by atoms with Gasteiger partial charge in [0.15, 0.2) is 11.5 Å². The summed E-state index contributed by atoms with van der Waals surface area (Å²) < 4.78 is 15.6. The molecule has 2 rings (SSSR count). The Hall–Kier alpha value is -2.76. The summed E-state index contributed by atoms with van der Waals surface area (Å²) in [5.74, 6) is 0.400. The second-order valence-electron chi connectivity index (χ2n) is 5.22. The van der Waals surface area contributed by atoms with Crippen LogP contribution < -0.4 is 9.47 Å². The zero-order chi connectivity index (χ0) is 17.9. The fourth-order valence-corrected chi connectivity index (χ4v) is 2.51. The minimum atomic E-state index is -0.533. The zero-order valence-electron chi connectivity index (χ0n) is 14.5. The molecule has 0 spiro atoms. The fraction of sp³-hybridized carbons (Fsp3) is 0.333. The summed E-state index contributed by atoms with van der Waals surface area (Å²) in [6.07, 6.45) is 1.65. The molecule has 6 heteroatoms. The third kappa shape index (κ3) is 3.13. The first kappa shape index (κ1) is 17.6. The van der Waals surface area contributed by atoms with Gasteiger partial charge in [0.2, 0.25) is 0 Å². The first-order valence-electron chi connectivity index (χ1n) is 7.54. The molecular formula is C18H21NO5. The highest BCUT2D eigenvalue weighted by molar-refractivity contribution is 6.16. The molecule has 0 radical (unpaired) electrons. The van der Waals surface area contributed by atoms with E-state index in [1.54, 1.807) is 45.4 Å². The van der Waals surface area contributed by atoms with Gasteiger partial charge in [0.05, 0.1) is 32.0 Å². The molecule has 0 bridgehead atoms. The van der Waals surface area contributed by atoms with E-state index in [2.05, 4.69) is 0 Å². The van der Waals surface area contributed by atoms with Crippen molar-refractivity contribution in [3.05, 3.63) is 40.6 Å². The number of ether oxygens (including phenoxy) is 3. The van der Waals surface area contributed by atoms with Crippen molar-refractivity contribution in [2.24, 2.45) is 0 Å². The van der Waals surface area contributed by atoms with Crippen LogP contribution in [-0.2, 0) is 14.3 Å². The number of hydrogen-bond donors (Lipinski definition) is 0. The topological polar surface area (TPSA) is 65.1 Å². The highest BCUT2D eigenvalue weighted by Crippen LogP contribution is 2.33. The Morgan fingerprint density at radius 3 is 2.54 bits per heavy atom. The molecule has 0 saturated carbocycles. The Kier molecular flexibility index (Phi) is 5.28. The van der Waals surface area contributed by atoms with E-state index in [9.17, 15) is 9.59 Å². The number of carbonyl (C=O) groups is 2. The van der Waals surface area contributed by atoms with Crippen LogP contribution in [0.2, 0.25) is 0 Å². The van der Waals surface area contributed by atoms with E-state index in [1.807, 2.05) is 6.92 Å². The van der Waals surface area contributed by atoms with Gasteiger partial charge in [-0.3, -0.25) is 4.79 Å². The third-order valence-electron chi connectivity index (χ3n) is 3.86. The van der Waals surface area contributed by atoms with Crippen LogP contribution in [0.15, 0.2) is 35.0 Å². The molecule has 0 unspecified atom stereocenters. The van der Waals surface area contributed by atoms with E-state index < -0.39 is 5.97 Å². The van der Waals surface area contributed by atoms with Gasteiger partial charge in [-0.2, -0.15) is 0 Å². The molecule has 0 aliphatic carbocycles. The molecule has 0 fully saturated rings. The van der Waals surface area contributed by atoms with Crippen LogP contribution >= 0.6 is 0 Å². The van der Waals surface area contributed by atoms with Gasteiger partial charge in [-0.15, -0.1) is 0 Å². The predicted octanol–water partition coefficient (Wildman–Crippen LogP) is 2.40. The van der Waals surface area contributed by atoms with Gasteiger partial charge in [0, 0.05) is 12.7 Å². The van der Waals surface area contributed by atoms with E-state index in [-0.39, 0.29) is 11.5 Å². The number of methoxy groups -OCH3 is 2. The van der Waals surface area contributed by atoms with Crippen LogP contribution in [0, 0.1) is 0 Å².